The van der Waals surface area contributed by atoms with E-state index in [1.165, 1.54) is 13.8 Å². The van der Waals surface area contributed by atoms with Gasteiger partial charge in [-0.15, -0.1) is 0 Å². The van der Waals surface area contributed by atoms with Crippen LogP contribution in [0.1, 0.15) is 45.0 Å². The molecule has 0 spiro atoms. The van der Waals surface area contributed by atoms with Gasteiger partial charge in [0.1, 0.15) is 11.8 Å². The molecule has 0 fully saturated rings. The Kier molecular flexibility index (Phi) is 5.90. The van der Waals surface area contributed by atoms with Gasteiger partial charge in [-0.2, -0.15) is 0 Å². The molecule has 2 N–H and O–H groups in total. The first-order valence-corrected chi connectivity index (χ1v) is 7.33. The van der Waals surface area contributed by atoms with Crippen LogP contribution in [0.5, 0.6) is 5.75 Å². The van der Waals surface area contributed by atoms with E-state index in [1.54, 1.807) is 45.0 Å². The van der Waals surface area contributed by atoms with Crippen molar-refractivity contribution in [3.63, 3.8) is 0 Å². The lowest BCUT2D eigenvalue weighted by Crippen LogP contribution is -2.52. The van der Waals surface area contributed by atoms with Gasteiger partial charge >= 0.3 is 5.97 Å². The molecule has 0 aliphatic carbocycles. The van der Waals surface area contributed by atoms with Crippen molar-refractivity contribution in [3.05, 3.63) is 29.8 Å². The molecule has 0 saturated carbocycles. The Bertz CT molecular complexity index is 603. The van der Waals surface area contributed by atoms with Gasteiger partial charge in [-0.1, -0.05) is 32.9 Å². The number of carbonyl (C=O) groups excluding carboxylic acids is 2. The van der Waals surface area contributed by atoms with E-state index in [1.807, 2.05) is 0 Å². The molecule has 2 unspecified atom stereocenters. The standard InChI is InChI=1S/C17H23NO5/c1-10(19)12-7-6-8-13(9-12)23-11(2)15(20)18-14(16(21)22)17(3,4)5/h6-9,11,14H,1-5H3,(H,18,20)(H,21,22). The number of hydrogen-bond acceptors (Lipinski definition) is 4. The fraction of sp³-hybridized carbons (Fsp3) is 0.471. The summed E-state index contributed by atoms with van der Waals surface area (Å²) >= 11 is 0. The smallest absolute Gasteiger partial charge is 0.326 e. The summed E-state index contributed by atoms with van der Waals surface area (Å²) in [5.41, 5.74) is -0.149. The molecule has 2 atom stereocenters. The minimum Gasteiger partial charge on any atom is -0.481 e. The highest BCUT2D eigenvalue weighted by Crippen LogP contribution is 2.20. The van der Waals surface area contributed by atoms with E-state index >= 15 is 0 Å². The molecule has 0 heterocycles. The molecule has 23 heavy (non-hydrogen) atoms. The molecule has 6 nitrogen and oxygen atoms in total. The van der Waals surface area contributed by atoms with Crippen molar-refractivity contribution in [2.24, 2.45) is 5.41 Å². The van der Waals surface area contributed by atoms with Gasteiger partial charge in [0.15, 0.2) is 11.9 Å². The molecule has 0 bridgehead atoms. The van der Waals surface area contributed by atoms with Crippen molar-refractivity contribution in [2.75, 3.05) is 0 Å². The minimum atomic E-state index is -1.10. The van der Waals surface area contributed by atoms with Gasteiger partial charge in [0, 0.05) is 5.56 Å². The maximum atomic E-state index is 12.2. The molecule has 126 valence electrons. The molecule has 1 rings (SSSR count). The van der Waals surface area contributed by atoms with Gasteiger partial charge < -0.3 is 15.2 Å². The average Bonchev–Trinajstić information content (AvgIpc) is 2.42. The largest absolute Gasteiger partial charge is 0.481 e. The first kappa shape index (κ1) is 18.7. The molecule has 0 radical (unpaired) electrons. The Morgan fingerprint density at radius 1 is 1.22 bits per heavy atom. The number of carbonyl (C=O) groups is 3. The topological polar surface area (TPSA) is 92.7 Å². The van der Waals surface area contributed by atoms with E-state index < -0.39 is 29.4 Å². The first-order valence-electron chi connectivity index (χ1n) is 7.33. The van der Waals surface area contributed by atoms with Crippen LogP contribution in [0.2, 0.25) is 0 Å². The Morgan fingerprint density at radius 2 is 1.83 bits per heavy atom. The van der Waals surface area contributed by atoms with Gasteiger partial charge in [0.25, 0.3) is 5.91 Å². The maximum absolute atomic E-state index is 12.2. The Morgan fingerprint density at radius 3 is 2.30 bits per heavy atom. The van der Waals surface area contributed by atoms with E-state index in [9.17, 15) is 19.5 Å². The van der Waals surface area contributed by atoms with Crippen molar-refractivity contribution in [1.82, 2.24) is 5.32 Å². The van der Waals surface area contributed by atoms with Crippen LogP contribution in [-0.4, -0.2) is 34.9 Å². The van der Waals surface area contributed by atoms with Gasteiger partial charge in [0.2, 0.25) is 0 Å². The summed E-state index contributed by atoms with van der Waals surface area (Å²) < 4.78 is 5.50. The van der Waals surface area contributed by atoms with Crippen LogP contribution in [0.3, 0.4) is 0 Å². The molecule has 0 saturated heterocycles. The van der Waals surface area contributed by atoms with E-state index in [2.05, 4.69) is 5.32 Å². The highest BCUT2D eigenvalue weighted by molar-refractivity contribution is 5.94. The normalized spacial score (nSPS) is 13.8. The number of carboxylic acids is 1. The summed E-state index contributed by atoms with van der Waals surface area (Å²) in [6.45, 7) is 8.16. The van der Waals surface area contributed by atoms with Crippen LogP contribution in [0.25, 0.3) is 0 Å². The number of benzene rings is 1. The first-order chi connectivity index (χ1) is 10.5. The van der Waals surface area contributed by atoms with Gasteiger partial charge in [-0.25, -0.2) is 4.79 Å². The van der Waals surface area contributed by atoms with E-state index in [-0.39, 0.29) is 5.78 Å². The molecular formula is C17H23NO5. The molecule has 0 aliphatic heterocycles. The van der Waals surface area contributed by atoms with Crippen molar-refractivity contribution in [3.8, 4) is 5.75 Å². The second kappa shape index (κ2) is 7.26. The lowest BCUT2D eigenvalue weighted by atomic mass is 9.86. The van der Waals surface area contributed by atoms with Crippen molar-refractivity contribution < 1.29 is 24.2 Å². The van der Waals surface area contributed by atoms with Crippen LogP contribution in [0, 0.1) is 5.41 Å². The summed E-state index contributed by atoms with van der Waals surface area (Å²) in [5.74, 6) is -1.36. The highest BCUT2D eigenvalue weighted by atomic mass is 16.5. The minimum absolute atomic E-state index is 0.105. The molecule has 0 aliphatic rings. The number of ether oxygens (including phenoxy) is 1. The lowest BCUT2D eigenvalue weighted by Gasteiger charge is -2.28. The third-order valence-corrected chi connectivity index (χ3v) is 3.32. The fourth-order valence-corrected chi connectivity index (χ4v) is 1.95. The van der Waals surface area contributed by atoms with E-state index in [0.29, 0.717) is 11.3 Å². The quantitative estimate of drug-likeness (QED) is 0.784. The molecular weight excluding hydrogens is 298 g/mol. The number of rotatable bonds is 6. The molecule has 1 aromatic carbocycles. The predicted molar refractivity (Wildman–Crippen MR) is 85.6 cm³/mol. The van der Waals surface area contributed by atoms with Gasteiger partial charge in [-0.05, 0) is 31.4 Å². The number of carboxylic acid groups (broad SMARTS) is 1. The molecule has 6 heteroatoms. The van der Waals surface area contributed by atoms with Crippen molar-refractivity contribution in [1.29, 1.82) is 0 Å². The number of Topliss-reactive ketones (excluding diaryl/α,β-unsaturated/α-hetero) is 1. The summed E-state index contributed by atoms with van der Waals surface area (Å²) in [7, 11) is 0. The number of aliphatic carboxylic acids is 1. The zero-order valence-corrected chi connectivity index (χ0v) is 14.0. The lowest BCUT2D eigenvalue weighted by molar-refractivity contribution is -0.146. The van der Waals surface area contributed by atoms with Crippen LogP contribution >= 0.6 is 0 Å². The van der Waals surface area contributed by atoms with Crippen LogP contribution in [0.15, 0.2) is 24.3 Å². The second-order valence-corrected chi connectivity index (χ2v) is 6.49. The SMILES string of the molecule is CC(=O)c1cccc(OC(C)C(=O)NC(C(=O)O)C(C)(C)C)c1. The second-order valence-electron chi connectivity index (χ2n) is 6.49. The highest BCUT2D eigenvalue weighted by Gasteiger charge is 2.34. The summed E-state index contributed by atoms with van der Waals surface area (Å²) in [6, 6.07) is 5.47. The van der Waals surface area contributed by atoms with Gasteiger partial charge in [-0.3, -0.25) is 9.59 Å². The molecule has 1 aromatic rings. The molecule has 0 aromatic heterocycles. The van der Waals surface area contributed by atoms with Crippen LogP contribution in [0.4, 0.5) is 0 Å². The zero-order valence-electron chi connectivity index (χ0n) is 14.0. The number of nitrogens with one attached hydrogen (secondary N) is 1. The number of ketones is 1. The summed E-state index contributed by atoms with van der Waals surface area (Å²) in [5, 5.41) is 11.7. The Balaban J connectivity index is 2.79. The Labute approximate surface area is 135 Å². The predicted octanol–water partition coefficient (Wildman–Crippen LogP) is 2.27. The fourth-order valence-electron chi connectivity index (χ4n) is 1.95. The number of amides is 1. The average molecular weight is 321 g/mol. The summed E-state index contributed by atoms with van der Waals surface area (Å²) in [6.07, 6.45) is -0.888. The third kappa shape index (κ3) is 5.39. The summed E-state index contributed by atoms with van der Waals surface area (Å²) in [4.78, 5) is 34.8. The van der Waals surface area contributed by atoms with Crippen molar-refractivity contribution in [2.45, 2.75) is 46.8 Å². The third-order valence-electron chi connectivity index (χ3n) is 3.32. The van der Waals surface area contributed by atoms with E-state index in [0.717, 1.165) is 0 Å². The van der Waals surface area contributed by atoms with E-state index in [4.69, 9.17) is 4.74 Å². The van der Waals surface area contributed by atoms with Crippen LogP contribution < -0.4 is 10.1 Å². The van der Waals surface area contributed by atoms with Gasteiger partial charge in [0.05, 0.1) is 0 Å². The van der Waals surface area contributed by atoms with Crippen LogP contribution in [-0.2, 0) is 9.59 Å². The monoisotopic (exact) mass is 321 g/mol. The van der Waals surface area contributed by atoms with Crippen molar-refractivity contribution >= 4 is 17.7 Å². The Hall–Kier alpha value is -2.37. The number of hydrogen-bond donors (Lipinski definition) is 2. The zero-order chi connectivity index (χ0) is 17.8. The molecule has 1 amide bonds. The maximum Gasteiger partial charge on any atom is 0.326 e.